The fourth-order valence-corrected chi connectivity index (χ4v) is 3.44. The molecule has 0 atom stereocenters. The van der Waals surface area contributed by atoms with Crippen LogP contribution in [0.4, 0.5) is 0 Å². The Labute approximate surface area is 107 Å². The van der Waals surface area contributed by atoms with Gasteiger partial charge in [-0.05, 0) is 51.5 Å². The molecule has 0 aromatic heterocycles. The standard InChI is InChI=1S/C15H30N2/c1-13-7-9-14(10-8-13)16-11-12-17(2)15-5-3-4-6-15/h13-16H,3-12H2,1-2H3. The Morgan fingerprint density at radius 3 is 2.29 bits per heavy atom. The van der Waals surface area contributed by atoms with E-state index in [4.69, 9.17) is 0 Å². The van der Waals surface area contributed by atoms with E-state index in [9.17, 15) is 0 Å². The summed E-state index contributed by atoms with van der Waals surface area (Å²) in [5.41, 5.74) is 0. The van der Waals surface area contributed by atoms with Gasteiger partial charge in [-0.15, -0.1) is 0 Å². The topological polar surface area (TPSA) is 15.3 Å². The SMILES string of the molecule is CC1CCC(NCCN(C)C2CCCC2)CC1. The van der Waals surface area contributed by atoms with Crippen molar-refractivity contribution in [2.45, 2.75) is 70.4 Å². The molecule has 2 heteroatoms. The minimum Gasteiger partial charge on any atom is -0.313 e. The van der Waals surface area contributed by atoms with Crippen molar-refractivity contribution in [3.8, 4) is 0 Å². The maximum Gasteiger partial charge on any atom is 0.0107 e. The third kappa shape index (κ3) is 4.26. The van der Waals surface area contributed by atoms with E-state index in [0.29, 0.717) is 0 Å². The lowest BCUT2D eigenvalue weighted by Crippen LogP contribution is -2.40. The van der Waals surface area contributed by atoms with E-state index in [-0.39, 0.29) is 0 Å². The highest BCUT2D eigenvalue weighted by atomic mass is 15.1. The maximum absolute atomic E-state index is 3.75. The first-order valence-corrected chi connectivity index (χ1v) is 7.69. The van der Waals surface area contributed by atoms with Crippen molar-refractivity contribution in [1.29, 1.82) is 0 Å². The van der Waals surface area contributed by atoms with Crippen molar-refractivity contribution in [2.75, 3.05) is 20.1 Å². The van der Waals surface area contributed by atoms with E-state index in [2.05, 4.69) is 24.2 Å². The van der Waals surface area contributed by atoms with Gasteiger partial charge in [-0.1, -0.05) is 19.8 Å². The Kier molecular flexibility index (Phi) is 5.30. The van der Waals surface area contributed by atoms with Crippen LogP contribution in [0.3, 0.4) is 0 Å². The first-order chi connectivity index (χ1) is 8.25. The van der Waals surface area contributed by atoms with Crippen LogP contribution in [0.15, 0.2) is 0 Å². The van der Waals surface area contributed by atoms with Gasteiger partial charge in [-0.3, -0.25) is 0 Å². The monoisotopic (exact) mass is 238 g/mol. The fourth-order valence-electron chi connectivity index (χ4n) is 3.44. The van der Waals surface area contributed by atoms with Gasteiger partial charge >= 0.3 is 0 Å². The van der Waals surface area contributed by atoms with E-state index in [0.717, 1.165) is 18.0 Å². The van der Waals surface area contributed by atoms with Crippen LogP contribution in [-0.2, 0) is 0 Å². The second kappa shape index (κ2) is 6.75. The van der Waals surface area contributed by atoms with Crippen LogP contribution < -0.4 is 5.32 Å². The minimum absolute atomic E-state index is 0.808. The van der Waals surface area contributed by atoms with Crippen molar-refractivity contribution in [3.05, 3.63) is 0 Å². The van der Waals surface area contributed by atoms with E-state index >= 15 is 0 Å². The van der Waals surface area contributed by atoms with Gasteiger partial charge in [0.25, 0.3) is 0 Å². The van der Waals surface area contributed by atoms with Gasteiger partial charge in [0.1, 0.15) is 0 Å². The maximum atomic E-state index is 3.75. The molecule has 2 nitrogen and oxygen atoms in total. The molecule has 2 saturated carbocycles. The van der Waals surface area contributed by atoms with E-state index in [1.807, 2.05) is 0 Å². The van der Waals surface area contributed by atoms with Gasteiger partial charge in [0, 0.05) is 25.2 Å². The fraction of sp³-hybridized carbons (Fsp3) is 1.00. The molecule has 0 radical (unpaired) electrons. The molecule has 0 aromatic rings. The van der Waals surface area contributed by atoms with Crippen LogP contribution in [0.1, 0.15) is 58.3 Å². The Bertz CT molecular complexity index is 203. The summed E-state index contributed by atoms with van der Waals surface area (Å²) in [6.07, 6.45) is 11.4. The molecule has 0 aromatic carbocycles. The predicted molar refractivity (Wildman–Crippen MR) is 74.3 cm³/mol. The number of rotatable bonds is 5. The Balaban J connectivity index is 1.56. The zero-order valence-corrected chi connectivity index (χ0v) is 11.8. The molecule has 0 unspecified atom stereocenters. The van der Waals surface area contributed by atoms with Crippen LogP contribution in [0, 0.1) is 5.92 Å². The average molecular weight is 238 g/mol. The molecule has 1 N–H and O–H groups in total. The molecule has 0 heterocycles. The van der Waals surface area contributed by atoms with Crippen LogP contribution in [-0.4, -0.2) is 37.1 Å². The summed E-state index contributed by atoms with van der Waals surface area (Å²) < 4.78 is 0. The molecule has 2 rings (SSSR count). The summed E-state index contributed by atoms with van der Waals surface area (Å²) in [5.74, 6) is 0.967. The molecular weight excluding hydrogens is 208 g/mol. The quantitative estimate of drug-likeness (QED) is 0.792. The van der Waals surface area contributed by atoms with Gasteiger partial charge in [0.2, 0.25) is 0 Å². The zero-order valence-electron chi connectivity index (χ0n) is 11.8. The van der Waals surface area contributed by atoms with Crippen LogP contribution in [0.2, 0.25) is 0 Å². The van der Waals surface area contributed by atoms with Crippen LogP contribution in [0.25, 0.3) is 0 Å². The van der Waals surface area contributed by atoms with Crippen LogP contribution >= 0.6 is 0 Å². The summed E-state index contributed by atoms with van der Waals surface area (Å²) in [6.45, 7) is 4.81. The zero-order chi connectivity index (χ0) is 12.1. The lowest BCUT2D eigenvalue weighted by molar-refractivity contribution is 0.233. The summed E-state index contributed by atoms with van der Waals surface area (Å²) in [5, 5.41) is 3.75. The highest BCUT2D eigenvalue weighted by molar-refractivity contribution is 4.78. The van der Waals surface area contributed by atoms with Gasteiger partial charge in [-0.25, -0.2) is 0 Å². The second-order valence-corrected chi connectivity index (χ2v) is 6.33. The predicted octanol–water partition coefficient (Wildman–Crippen LogP) is 3.03. The van der Waals surface area contributed by atoms with Crippen molar-refractivity contribution in [1.82, 2.24) is 10.2 Å². The molecule has 0 amide bonds. The first-order valence-electron chi connectivity index (χ1n) is 7.69. The van der Waals surface area contributed by atoms with E-state index < -0.39 is 0 Å². The Morgan fingerprint density at radius 1 is 1.00 bits per heavy atom. The van der Waals surface area contributed by atoms with E-state index in [1.165, 1.54) is 64.5 Å². The number of nitrogens with zero attached hydrogens (tertiary/aromatic N) is 1. The molecule has 0 bridgehead atoms. The number of hydrogen-bond acceptors (Lipinski definition) is 2. The van der Waals surface area contributed by atoms with Gasteiger partial charge in [0.05, 0.1) is 0 Å². The summed E-state index contributed by atoms with van der Waals surface area (Å²) in [4.78, 5) is 2.57. The lowest BCUT2D eigenvalue weighted by Gasteiger charge is -2.29. The van der Waals surface area contributed by atoms with Crippen molar-refractivity contribution >= 4 is 0 Å². The Morgan fingerprint density at radius 2 is 1.65 bits per heavy atom. The van der Waals surface area contributed by atoms with Crippen molar-refractivity contribution in [2.24, 2.45) is 5.92 Å². The number of likely N-dealkylation sites (N-methyl/N-ethyl adjacent to an activating group) is 1. The largest absolute Gasteiger partial charge is 0.313 e. The minimum atomic E-state index is 0.808. The average Bonchev–Trinajstić information content (AvgIpc) is 2.85. The van der Waals surface area contributed by atoms with Crippen LogP contribution in [0.5, 0.6) is 0 Å². The highest BCUT2D eigenvalue weighted by Gasteiger charge is 2.20. The molecule has 2 aliphatic carbocycles. The summed E-state index contributed by atoms with van der Waals surface area (Å²) >= 11 is 0. The third-order valence-corrected chi connectivity index (χ3v) is 4.86. The van der Waals surface area contributed by atoms with Gasteiger partial charge < -0.3 is 10.2 Å². The third-order valence-electron chi connectivity index (χ3n) is 4.86. The Hall–Kier alpha value is -0.0800. The number of nitrogens with one attached hydrogen (secondary N) is 1. The molecule has 0 saturated heterocycles. The summed E-state index contributed by atoms with van der Waals surface area (Å²) in [7, 11) is 2.31. The molecule has 17 heavy (non-hydrogen) atoms. The second-order valence-electron chi connectivity index (χ2n) is 6.33. The molecule has 0 spiro atoms. The van der Waals surface area contributed by atoms with Crippen molar-refractivity contribution in [3.63, 3.8) is 0 Å². The van der Waals surface area contributed by atoms with Gasteiger partial charge in [-0.2, -0.15) is 0 Å². The molecular formula is C15H30N2. The molecule has 2 aliphatic rings. The molecule has 100 valence electrons. The van der Waals surface area contributed by atoms with E-state index in [1.54, 1.807) is 0 Å². The van der Waals surface area contributed by atoms with Gasteiger partial charge in [0.15, 0.2) is 0 Å². The normalized spacial score (nSPS) is 31.2. The van der Waals surface area contributed by atoms with Crippen molar-refractivity contribution < 1.29 is 0 Å². The molecule has 0 aliphatic heterocycles. The first kappa shape index (κ1) is 13.4. The number of hydrogen-bond donors (Lipinski definition) is 1. The summed E-state index contributed by atoms with van der Waals surface area (Å²) in [6, 6.07) is 1.69. The smallest absolute Gasteiger partial charge is 0.0107 e. The molecule has 2 fully saturated rings. The highest BCUT2D eigenvalue weighted by Crippen LogP contribution is 2.24. The lowest BCUT2D eigenvalue weighted by atomic mass is 9.87.